The standard InChI is InChI=1S/C21H24N2O6/c1-14(16-5-7-18-20(11-16)28-9-8-27-18)23-21(24)13-29-22-12-15-4-6-17(25-2)19(10-15)26-3/h4-7,10-12,14H,8-9,13H2,1-3H3,(H,23,24)/b22-12+. The van der Waals surface area contributed by atoms with Gasteiger partial charge in [-0.25, -0.2) is 0 Å². The normalized spacial score (nSPS) is 13.6. The number of nitrogens with one attached hydrogen (secondary N) is 1. The average molecular weight is 400 g/mol. The van der Waals surface area contributed by atoms with Crippen LogP contribution < -0.4 is 24.3 Å². The highest BCUT2D eigenvalue weighted by Gasteiger charge is 2.16. The summed E-state index contributed by atoms with van der Waals surface area (Å²) < 4.78 is 21.5. The van der Waals surface area contributed by atoms with Gasteiger partial charge in [-0.3, -0.25) is 4.79 Å². The second kappa shape index (κ2) is 9.68. The molecule has 3 rings (SSSR count). The maximum atomic E-state index is 12.1. The maximum absolute atomic E-state index is 12.1. The van der Waals surface area contributed by atoms with Crippen LogP contribution in [0.3, 0.4) is 0 Å². The van der Waals surface area contributed by atoms with E-state index in [1.165, 1.54) is 6.21 Å². The molecule has 1 aliphatic rings. The second-order valence-electron chi connectivity index (χ2n) is 6.31. The summed E-state index contributed by atoms with van der Waals surface area (Å²) in [4.78, 5) is 17.2. The van der Waals surface area contributed by atoms with E-state index in [0.29, 0.717) is 36.2 Å². The van der Waals surface area contributed by atoms with E-state index < -0.39 is 0 Å². The van der Waals surface area contributed by atoms with Crippen LogP contribution in [0.2, 0.25) is 0 Å². The molecule has 1 heterocycles. The molecule has 0 saturated heterocycles. The molecule has 1 aliphatic heterocycles. The lowest BCUT2D eigenvalue weighted by Gasteiger charge is -2.21. The van der Waals surface area contributed by atoms with Gasteiger partial charge in [-0.05, 0) is 42.8 Å². The van der Waals surface area contributed by atoms with Gasteiger partial charge in [-0.2, -0.15) is 0 Å². The van der Waals surface area contributed by atoms with E-state index >= 15 is 0 Å². The lowest BCUT2D eigenvalue weighted by atomic mass is 10.1. The van der Waals surface area contributed by atoms with Crippen LogP contribution >= 0.6 is 0 Å². The molecule has 8 heteroatoms. The number of ether oxygens (including phenoxy) is 4. The molecular weight excluding hydrogens is 376 g/mol. The minimum absolute atomic E-state index is 0.196. The lowest BCUT2D eigenvalue weighted by molar-refractivity contribution is -0.126. The third kappa shape index (κ3) is 5.31. The Balaban J connectivity index is 1.49. The number of hydrogen-bond acceptors (Lipinski definition) is 7. The molecule has 8 nitrogen and oxygen atoms in total. The number of benzene rings is 2. The fraction of sp³-hybridized carbons (Fsp3) is 0.333. The van der Waals surface area contributed by atoms with Gasteiger partial charge in [0.15, 0.2) is 29.6 Å². The fourth-order valence-electron chi connectivity index (χ4n) is 2.82. The molecule has 1 unspecified atom stereocenters. The van der Waals surface area contributed by atoms with Crippen molar-refractivity contribution in [3.63, 3.8) is 0 Å². The van der Waals surface area contributed by atoms with E-state index in [2.05, 4.69) is 10.5 Å². The predicted octanol–water partition coefficient (Wildman–Crippen LogP) is 2.70. The smallest absolute Gasteiger partial charge is 0.261 e. The molecule has 0 aromatic heterocycles. The maximum Gasteiger partial charge on any atom is 0.261 e. The van der Waals surface area contributed by atoms with Crippen LogP contribution in [0.15, 0.2) is 41.6 Å². The van der Waals surface area contributed by atoms with Gasteiger partial charge in [0.25, 0.3) is 5.91 Å². The molecule has 0 spiro atoms. The van der Waals surface area contributed by atoms with E-state index in [0.717, 1.165) is 11.1 Å². The Hall–Kier alpha value is -3.42. The minimum Gasteiger partial charge on any atom is -0.493 e. The highest BCUT2D eigenvalue weighted by molar-refractivity contribution is 5.81. The van der Waals surface area contributed by atoms with E-state index in [1.54, 1.807) is 32.4 Å². The van der Waals surface area contributed by atoms with Crippen molar-refractivity contribution < 1.29 is 28.6 Å². The van der Waals surface area contributed by atoms with E-state index in [-0.39, 0.29) is 18.6 Å². The molecule has 0 radical (unpaired) electrons. The molecule has 29 heavy (non-hydrogen) atoms. The fourth-order valence-corrected chi connectivity index (χ4v) is 2.82. The van der Waals surface area contributed by atoms with Crippen molar-refractivity contribution in [3.05, 3.63) is 47.5 Å². The predicted molar refractivity (Wildman–Crippen MR) is 107 cm³/mol. The van der Waals surface area contributed by atoms with Crippen molar-refractivity contribution in [3.8, 4) is 23.0 Å². The van der Waals surface area contributed by atoms with Crippen LogP contribution in [0.4, 0.5) is 0 Å². The SMILES string of the molecule is COc1ccc(/C=N/OCC(=O)NC(C)c2ccc3c(c2)OCCO3)cc1OC. The molecular formula is C21H24N2O6. The zero-order valence-electron chi connectivity index (χ0n) is 16.6. The lowest BCUT2D eigenvalue weighted by Crippen LogP contribution is -2.29. The molecule has 0 fully saturated rings. The van der Waals surface area contributed by atoms with Crippen molar-refractivity contribution in [1.29, 1.82) is 0 Å². The Bertz CT molecular complexity index is 883. The number of oxime groups is 1. The number of carbonyl (C=O) groups is 1. The summed E-state index contributed by atoms with van der Waals surface area (Å²) in [5, 5.41) is 6.70. The Kier molecular flexibility index (Phi) is 6.78. The van der Waals surface area contributed by atoms with Crippen LogP contribution in [0.1, 0.15) is 24.1 Å². The van der Waals surface area contributed by atoms with E-state index in [9.17, 15) is 4.79 Å². The summed E-state index contributed by atoms with van der Waals surface area (Å²) >= 11 is 0. The molecule has 0 aliphatic carbocycles. The average Bonchev–Trinajstić information content (AvgIpc) is 2.76. The van der Waals surface area contributed by atoms with Crippen LogP contribution in [-0.2, 0) is 9.63 Å². The first kappa shape index (κ1) is 20.3. The Labute approximate surface area is 169 Å². The molecule has 1 N–H and O–H groups in total. The number of hydrogen-bond donors (Lipinski definition) is 1. The quantitative estimate of drug-likeness (QED) is 0.542. The zero-order chi connectivity index (χ0) is 20.6. The molecule has 1 atom stereocenters. The van der Waals surface area contributed by atoms with Crippen molar-refractivity contribution in [2.45, 2.75) is 13.0 Å². The zero-order valence-corrected chi connectivity index (χ0v) is 16.6. The first-order valence-corrected chi connectivity index (χ1v) is 9.17. The van der Waals surface area contributed by atoms with Gasteiger partial charge in [-0.15, -0.1) is 0 Å². The molecule has 154 valence electrons. The Morgan fingerprint density at radius 3 is 2.62 bits per heavy atom. The van der Waals surface area contributed by atoms with Crippen LogP contribution in [-0.4, -0.2) is 46.2 Å². The molecule has 2 aromatic carbocycles. The van der Waals surface area contributed by atoms with Gasteiger partial charge < -0.3 is 29.1 Å². The molecule has 0 bridgehead atoms. The third-order valence-electron chi connectivity index (χ3n) is 4.32. The minimum atomic E-state index is -0.281. The summed E-state index contributed by atoms with van der Waals surface area (Å²) in [6, 6.07) is 10.7. The second-order valence-corrected chi connectivity index (χ2v) is 6.31. The van der Waals surface area contributed by atoms with Gasteiger partial charge >= 0.3 is 0 Å². The number of methoxy groups -OCH3 is 2. The van der Waals surface area contributed by atoms with Gasteiger partial charge in [-0.1, -0.05) is 11.2 Å². The van der Waals surface area contributed by atoms with Crippen molar-refractivity contribution in [1.82, 2.24) is 5.32 Å². The van der Waals surface area contributed by atoms with Crippen molar-refractivity contribution >= 4 is 12.1 Å². The highest BCUT2D eigenvalue weighted by atomic mass is 16.6. The molecule has 0 saturated carbocycles. The number of rotatable bonds is 8. The van der Waals surface area contributed by atoms with Gasteiger partial charge in [0.05, 0.1) is 26.5 Å². The summed E-state index contributed by atoms with van der Waals surface area (Å²) in [6.45, 7) is 2.75. The first-order valence-electron chi connectivity index (χ1n) is 9.17. The third-order valence-corrected chi connectivity index (χ3v) is 4.32. The van der Waals surface area contributed by atoms with Crippen molar-refractivity contribution in [2.75, 3.05) is 34.0 Å². The summed E-state index contributed by atoms with van der Waals surface area (Å²) in [7, 11) is 3.13. The number of amides is 1. The van der Waals surface area contributed by atoms with Crippen LogP contribution in [0.25, 0.3) is 0 Å². The summed E-state index contributed by atoms with van der Waals surface area (Å²) in [6.07, 6.45) is 1.50. The van der Waals surface area contributed by atoms with Crippen molar-refractivity contribution in [2.24, 2.45) is 5.16 Å². The van der Waals surface area contributed by atoms with E-state index in [1.807, 2.05) is 25.1 Å². The Morgan fingerprint density at radius 2 is 1.86 bits per heavy atom. The van der Waals surface area contributed by atoms with Gasteiger partial charge in [0, 0.05) is 5.56 Å². The topological polar surface area (TPSA) is 87.6 Å². The number of nitrogens with zero attached hydrogens (tertiary/aromatic N) is 1. The van der Waals surface area contributed by atoms with Gasteiger partial charge in [0.2, 0.25) is 0 Å². The van der Waals surface area contributed by atoms with Gasteiger partial charge in [0.1, 0.15) is 13.2 Å². The van der Waals surface area contributed by atoms with E-state index in [4.69, 9.17) is 23.8 Å². The largest absolute Gasteiger partial charge is 0.493 e. The van der Waals surface area contributed by atoms with Crippen LogP contribution in [0.5, 0.6) is 23.0 Å². The highest BCUT2D eigenvalue weighted by Crippen LogP contribution is 2.32. The van der Waals surface area contributed by atoms with Crippen LogP contribution in [0, 0.1) is 0 Å². The molecule has 1 amide bonds. The summed E-state index contributed by atoms with van der Waals surface area (Å²) in [5.74, 6) is 2.33. The first-order chi connectivity index (χ1) is 14.1. The Morgan fingerprint density at radius 1 is 1.10 bits per heavy atom. The summed E-state index contributed by atoms with van der Waals surface area (Å²) in [5.41, 5.74) is 1.67. The number of carbonyl (C=O) groups excluding carboxylic acids is 1. The monoisotopic (exact) mass is 400 g/mol. The molecule has 2 aromatic rings. The number of fused-ring (bicyclic) bond motifs is 1.